The van der Waals surface area contributed by atoms with Crippen molar-refractivity contribution in [3.63, 3.8) is 0 Å². The van der Waals surface area contributed by atoms with E-state index in [9.17, 15) is 9.18 Å². The fraction of sp³-hybridized carbons (Fsp3) is 0.500. The molecule has 172 valence electrons. The first-order valence-electron chi connectivity index (χ1n) is 11.7. The van der Waals surface area contributed by atoms with Gasteiger partial charge >= 0.3 is 0 Å². The Morgan fingerprint density at radius 3 is 2.56 bits per heavy atom. The number of piperidine rings is 1. The van der Waals surface area contributed by atoms with E-state index >= 15 is 0 Å². The standard InChI is InChI=1S/C26H32ClFN2O2/c1-3-26(4-2)16-23(19-8-5-6-11-24(19)32-26)29-25(31)18-12-14-30(15-13-18)17-20-21(27)9-7-10-22(20)28/h5-11,18,23H,3-4,12-17H2,1-2H3,(H,29,31)/t23-/m0/s1. The van der Waals surface area contributed by atoms with Crippen molar-refractivity contribution in [1.82, 2.24) is 10.2 Å². The van der Waals surface area contributed by atoms with Crippen molar-refractivity contribution < 1.29 is 13.9 Å². The Morgan fingerprint density at radius 2 is 1.88 bits per heavy atom. The summed E-state index contributed by atoms with van der Waals surface area (Å²) in [7, 11) is 0. The molecule has 4 nitrogen and oxygen atoms in total. The van der Waals surface area contributed by atoms with Crippen molar-refractivity contribution in [2.45, 2.75) is 64.1 Å². The van der Waals surface area contributed by atoms with Gasteiger partial charge in [-0.25, -0.2) is 4.39 Å². The van der Waals surface area contributed by atoms with Gasteiger partial charge in [-0.2, -0.15) is 0 Å². The van der Waals surface area contributed by atoms with Crippen LogP contribution in [0, 0.1) is 11.7 Å². The highest BCUT2D eigenvalue weighted by atomic mass is 35.5. The van der Waals surface area contributed by atoms with Crippen LogP contribution in [0.4, 0.5) is 4.39 Å². The molecule has 1 fully saturated rings. The summed E-state index contributed by atoms with van der Waals surface area (Å²) in [5.74, 6) is 0.682. The lowest BCUT2D eigenvalue weighted by molar-refractivity contribution is -0.128. The van der Waals surface area contributed by atoms with Crippen molar-refractivity contribution in [1.29, 1.82) is 0 Å². The van der Waals surface area contributed by atoms with Gasteiger partial charge in [-0.3, -0.25) is 9.69 Å². The van der Waals surface area contributed by atoms with Gasteiger partial charge in [0.1, 0.15) is 17.2 Å². The zero-order valence-corrected chi connectivity index (χ0v) is 19.6. The molecule has 32 heavy (non-hydrogen) atoms. The third-order valence-electron chi connectivity index (χ3n) is 7.20. The Labute approximate surface area is 195 Å². The summed E-state index contributed by atoms with van der Waals surface area (Å²) >= 11 is 6.18. The van der Waals surface area contributed by atoms with Gasteiger partial charge in [-0.15, -0.1) is 0 Å². The van der Waals surface area contributed by atoms with Crippen LogP contribution in [0.5, 0.6) is 5.75 Å². The van der Waals surface area contributed by atoms with E-state index in [4.69, 9.17) is 16.3 Å². The quantitative estimate of drug-likeness (QED) is 0.586. The van der Waals surface area contributed by atoms with Crippen LogP contribution in [0.15, 0.2) is 42.5 Å². The van der Waals surface area contributed by atoms with Crippen molar-refractivity contribution in [3.8, 4) is 5.75 Å². The molecule has 6 heteroatoms. The van der Waals surface area contributed by atoms with Crippen molar-refractivity contribution >= 4 is 17.5 Å². The number of rotatable bonds is 6. The third-order valence-corrected chi connectivity index (χ3v) is 7.56. The van der Waals surface area contributed by atoms with Gasteiger partial charge in [0.25, 0.3) is 0 Å². The smallest absolute Gasteiger partial charge is 0.223 e. The second-order valence-electron chi connectivity index (χ2n) is 9.05. The summed E-state index contributed by atoms with van der Waals surface area (Å²) in [6.45, 7) is 6.27. The zero-order valence-electron chi connectivity index (χ0n) is 18.9. The number of nitrogens with zero attached hydrogens (tertiary/aromatic N) is 1. The molecule has 0 radical (unpaired) electrons. The number of hydrogen-bond donors (Lipinski definition) is 1. The lowest BCUT2D eigenvalue weighted by Crippen LogP contribution is -2.47. The molecule has 0 spiro atoms. The van der Waals surface area contributed by atoms with E-state index in [0.717, 1.165) is 56.5 Å². The monoisotopic (exact) mass is 458 g/mol. The molecule has 1 amide bonds. The van der Waals surface area contributed by atoms with E-state index in [2.05, 4.69) is 30.1 Å². The normalized spacial score (nSPS) is 20.9. The second kappa shape index (κ2) is 9.80. The largest absolute Gasteiger partial charge is 0.487 e. The summed E-state index contributed by atoms with van der Waals surface area (Å²) in [4.78, 5) is 15.4. The SMILES string of the molecule is CCC1(CC)C[C@H](NC(=O)C2CCN(Cc3c(F)cccc3Cl)CC2)c2ccccc2O1. The Hall–Kier alpha value is -2.11. The molecule has 0 aliphatic carbocycles. The van der Waals surface area contributed by atoms with Crippen LogP contribution in [-0.2, 0) is 11.3 Å². The number of likely N-dealkylation sites (tertiary alicyclic amines) is 1. The van der Waals surface area contributed by atoms with Gasteiger partial charge < -0.3 is 10.1 Å². The summed E-state index contributed by atoms with van der Waals surface area (Å²) in [6, 6.07) is 12.8. The van der Waals surface area contributed by atoms with Gasteiger partial charge in [0.2, 0.25) is 5.91 Å². The number of amides is 1. The van der Waals surface area contributed by atoms with Crippen molar-refractivity contribution in [3.05, 3.63) is 64.4 Å². The Balaban J connectivity index is 1.39. The molecule has 4 rings (SSSR count). The van der Waals surface area contributed by atoms with Crippen LogP contribution in [0.25, 0.3) is 0 Å². The molecule has 2 aromatic carbocycles. The van der Waals surface area contributed by atoms with E-state index in [0.29, 0.717) is 17.1 Å². The van der Waals surface area contributed by atoms with E-state index < -0.39 is 0 Å². The molecule has 0 bridgehead atoms. The van der Waals surface area contributed by atoms with Crippen LogP contribution in [0.2, 0.25) is 5.02 Å². The number of ether oxygens (including phenoxy) is 1. The number of benzene rings is 2. The van der Waals surface area contributed by atoms with Gasteiger partial charge in [0.05, 0.1) is 6.04 Å². The Kier molecular flexibility index (Phi) is 7.06. The lowest BCUT2D eigenvalue weighted by Gasteiger charge is -2.42. The Bertz CT molecular complexity index is 934. The van der Waals surface area contributed by atoms with Crippen LogP contribution in [0.3, 0.4) is 0 Å². The zero-order chi connectivity index (χ0) is 22.7. The van der Waals surface area contributed by atoms with Crippen molar-refractivity contribution in [2.24, 2.45) is 5.92 Å². The first-order valence-corrected chi connectivity index (χ1v) is 12.1. The fourth-order valence-electron chi connectivity index (χ4n) is 4.98. The van der Waals surface area contributed by atoms with Gasteiger partial charge in [-0.05, 0) is 57.0 Å². The van der Waals surface area contributed by atoms with Crippen LogP contribution in [-0.4, -0.2) is 29.5 Å². The van der Waals surface area contributed by atoms with Crippen molar-refractivity contribution in [2.75, 3.05) is 13.1 Å². The maximum absolute atomic E-state index is 14.1. The number of para-hydroxylation sites is 1. The maximum atomic E-state index is 14.1. The molecule has 2 aliphatic heterocycles. The highest BCUT2D eigenvalue weighted by Gasteiger charge is 2.39. The molecule has 0 unspecified atom stereocenters. The highest BCUT2D eigenvalue weighted by molar-refractivity contribution is 6.31. The number of carbonyl (C=O) groups is 1. The number of hydrogen-bond acceptors (Lipinski definition) is 3. The summed E-state index contributed by atoms with van der Waals surface area (Å²) < 4.78 is 20.5. The minimum Gasteiger partial charge on any atom is -0.487 e. The maximum Gasteiger partial charge on any atom is 0.223 e. The summed E-state index contributed by atoms with van der Waals surface area (Å²) in [5, 5.41) is 3.79. The Morgan fingerprint density at radius 1 is 1.16 bits per heavy atom. The molecule has 1 saturated heterocycles. The molecular formula is C26H32ClFN2O2. The van der Waals surface area contributed by atoms with E-state index in [-0.39, 0.29) is 29.3 Å². The van der Waals surface area contributed by atoms with Gasteiger partial charge in [0, 0.05) is 35.0 Å². The van der Waals surface area contributed by atoms with Crippen LogP contribution < -0.4 is 10.1 Å². The fourth-order valence-corrected chi connectivity index (χ4v) is 5.20. The third kappa shape index (κ3) is 4.79. The lowest BCUT2D eigenvalue weighted by atomic mass is 9.83. The predicted molar refractivity (Wildman–Crippen MR) is 125 cm³/mol. The molecule has 0 saturated carbocycles. The minimum atomic E-state index is -0.272. The second-order valence-corrected chi connectivity index (χ2v) is 9.45. The average Bonchev–Trinajstić information content (AvgIpc) is 2.81. The van der Waals surface area contributed by atoms with Crippen LogP contribution in [0.1, 0.15) is 63.1 Å². The van der Waals surface area contributed by atoms with Crippen LogP contribution >= 0.6 is 11.6 Å². The van der Waals surface area contributed by atoms with E-state index in [1.807, 2.05) is 18.2 Å². The minimum absolute atomic E-state index is 0.0324. The highest BCUT2D eigenvalue weighted by Crippen LogP contribution is 2.42. The van der Waals surface area contributed by atoms with E-state index in [1.165, 1.54) is 6.07 Å². The van der Waals surface area contributed by atoms with E-state index in [1.54, 1.807) is 12.1 Å². The first-order chi connectivity index (χ1) is 15.4. The number of halogens is 2. The molecule has 1 N–H and O–H groups in total. The number of carbonyl (C=O) groups excluding carboxylic acids is 1. The first kappa shape index (κ1) is 23.1. The number of nitrogens with one attached hydrogen (secondary N) is 1. The predicted octanol–water partition coefficient (Wildman–Crippen LogP) is 5.89. The molecule has 0 aromatic heterocycles. The molecule has 2 aliphatic rings. The number of fused-ring (bicyclic) bond motifs is 1. The molecule has 1 atom stereocenters. The summed E-state index contributed by atoms with van der Waals surface area (Å²) in [6.07, 6.45) is 4.11. The molecule has 2 heterocycles. The molecule has 2 aromatic rings. The topological polar surface area (TPSA) is 41.6 Å². The van der Waals surface area contributed by atoms with Gasteiger partial charge in [-0.1, -0.05) is 49.7 Å². The van der Waals surface area contributed by atoms with Gasteiger partial charge in [0.15, 0.2) is 0 Å². The average molecular weight is 459 g/mol. The summed E-state index contributed by atoms with van der Waals surface area (Å²) in [5.41, 5.74) is 1.35. The molecular weight excluding hydrogens is 427 g/mol.